The molecule has 0 atom stereocenters. The topological polar surface area (TPSA) is 12.9 Å². The van der Waals surface area contributed by atoms with Crippen molar-refractivity contribution in [1.82, 2.24) is 4.98 Å². The predicted molar refractivity (Wildman–Crippen MR) is 39.5 cm³/mol. The van der Waals surface area contributed by atoms with Crippen LogP contribution in [0.1, 0.15) is 0 Å². The molecule has 0 unspecified atom stereocenters. The fourth-order valence-electron chi connectivity index (χ4n) is 0.591. The third-order valence-corrected chi connectivity index (χ3v) is 1.50. The number of halogens is 4. The lowest BCUT2D eigenvalue weighted by molar-refractivity contribution is 0.583. The molecule has 0 saturated carbocycles. The first-order valence-corrected chi connectivity index (χ1v) is 3.49. The van der Waals surface area contributed by atoms with Gasteiger partial charge < -0.3 is 0 Å². The van der Waals surface area contributed by atoms with Crippen molar-refractivity contribution in [2.75, 3.05) is 0 Å². The summed E-state index contributed by atoms with van der Waals surface area (Å²) in [6, 6.07) is 1.01. The Balaban J connectivity index is 3.13. The average Bonchev–Trinajstić information content (AvgIpc) is 1.94. The van der Waals surface area contributed by atoms with E-state index in [0.717, 1.165) is 12.3 Å². The summed E-state index contributed by atoms with van der Waals surface area (Å²) in [5.41, 5.74) is -0.681. The second kappa shape index (κ2) is 3.25. The molecule has 0 radical (unpaired) electrons. The monoisotopic (exact) mass is 223 g/mol. The van der Waals surface area contributed by atoms with Gasteiger partial charge in [-0.15, -0.1) is 0 Å². The third-order valence-electron chi connectivity index (χ3n) is 1.07. The second-order valence-corrected chi connectivity index (χ2v) is 2.75. The van der Waals surface area contributed by atoms with Gasteiger partial charge in [-0.1, -0.05) is 0 Å². The summed E-state index contributed by atoms with van der Waals surface area (Å²) in [4.78, 5) is 3.11. The smallest absolute Gasteiger partial charge is 0.281 e. The largest absolute Gasteiger partial charge is 0.576 e. The summed E-state index contributed by atoms with van der Waals surface area (Å²) in [6.45, 7) is 0. The molecule has 1 aromatic heterocycles. The van der Waals surface area contributed by atoms with Crippen LogP contribution in [0.5, 0.6) is 0 Å². The van der Waals surface area contributed by atoms with E-state index in [9.17, 15) is 13.0 Å². The Hall–Kier alpha value is -0.515. The van der Waals surface area contributed by atoms with Crippen molar-refractivity contribution in [2.45, 2.75) is 0 Å². The molecule has 0 aliphatic heterocycles. The Labute approximate surface area is 69.9 Å². The van der Waals surface area contributed by atoms with Crippen molar-refractivity contribution in [3.63, 3.8) is 0 Å². The van der Waals surface area contributed by atoms with Crippen LogP contribution in [0.4, 0.5) is 13.0 Å². The molecule has 1 rings (SSSR count). The Morgan fingerprint density at radius 1 is 1.45 bits per heavy atom. The number of hydrogen-bond donors (Lipinski definition) is 0. The van der Waals surface area contributed by atoms with Crippen molar-refractivity contribution < 1.29 is 13.0 Å². The lowest BCUT2D eigenvalue weighted by atomic mass is 9.87. The fraction of sp³-hybridized carbons (Fsp3) is 0. The number of nitrogens with zero attached hydrogens (tertiary/aromatic N) is 1. The zero-order chi connectivity index (χ0) is 8.43. The van der Waals surface area contributed by atoms with Crippen LogP contribution in [-0.4, -0.2) is 12.3 Å². The van der Waals surface area contributed by atoms with Crippen molar-refractivity contribution in [1.29, 1.82) is 0 Å². The maximum absolute atomic E-state index is 12.4. The number of hydrogen-bond acceptors (Lipinski definition) is 1. The number of aromatic nitrogens is 1. The molecule has 6 heteroatoms. The molecular formula is C5H2BBrF3N. The molecule has 0 fully saturated rings. The first-order valence-electron chi connectivity index (χ1n) is 2.70. The third kappa shape index (κ3) is 1.96. The van der Waals surface area contributed by atoms with Gasteiger partial charge in [0.2, 0.25) is 5.95 Å². The van der Waals surface area contributed by atoms with E-state index in [1.54, 1.807) is 0 Å². The molecule has 1 heterocycles. The zero-order valence-corrected chi connectivity index (χ0v) is 6.78. The van der Waals surface area contributed by atoms with Crippen LogP contribution in [0.2, 0.25) is 0 Å². The summed E-state index contributed by atoms with van der Waals surface area (Å²) in [6.07, 6.45) is 1.13. The van der Waals surface area contributed by atoms with Gasteiger partial charge in [-0.2, -0.15) is 4.39 Å². The van der Waals surface area contributed by atoms with Crippen LogP contribution in [-0.2, 0) is 0 Å². The van der Waals surface area contributed by atoms with E-state index >= 15 is 0 Å². The van der Waals surface area contributed by atoms with Crippen LogP contribution in [0, 0.1) is 5.95 Å². The molecule has 0 N–H and O–H groups in total. The van der Waals surface area contributed by atoms with Gasteiger partial charge in [-0.25, -0.2) is 4.98 Å². The molecule has 0 aliphatic carbocycles. The summed E-state index contributed by atoms with van der Waals surface area (Å²) >= 11 is 2.90. The predicted octanol–water partition coefficient (Wildman–Crippen LogP) is 1.62. The van der Waals surface area contributed by atoms with Crippen LogP contribution >= 0.6 is 15.9 Å². The van der Waals surface area contributed by atoms with Gasteiger partial charge in [0.25, 0.3) is 0 Å². The minimum atomic E-state index is -2.82. The molecule has 0 aliphatic rings. The van der Waals surface area contributed by atoms with Crippen LogP contribution in [0.15, 0.2) is 16.7 Å². The second-order valence-electron chi connectivity index (χ2n) is 1.83. The highest BCUT2D eigenvalue weighted by Gasteiger charge is 2.21. The quantitative estimate of drug-likeness (QED) is 0.521. The molecule has 58 valence electrons. The molecule has 1 nitrogen and oxygen atoms in total. The highest BCUT2D eigenvalue weighted by Crippen LogP contribution is 2.06. The van der Waals surface area contributed by atoms with Crippen LogP contribution in [0.25, 0.3) is 0 Å². The lowest BCUT2D eigenvalue weighted by Gasteiger charge is -1.96. The van der Waals surface area contributed by atoms with Gasteiger partial charge >= 0.3 is 7.27 Å². The Kier molecular flexibility index (Phi) is 2.54. The number of rotatable bonds is 1. The SMILES string of the molecule is FB(F)c1cc(Br)cnc1F. The summed E-state index contributed by atoms with van der Waals surface area (Å²) < 4.78 is 36.6. The standard InChI is InChI=1S/C5H2BBrF3N/c7-3-1-4(6(9)10)5(8)11-2-3/h1-2H. The van der Waals surface area contributed by atoms with E-state index in [1.165, 1.54) is 0 Å². The fourth-order valence-corrected chi connectivity index (χ4v) is 0.940. The maximum Gasteiger partial charge on any atom is 0.576 e. The lowest BCUT2D eigenvalue weighted by Crippen LogP contribution is -2.25. The van der Waals surface area contributed by atoms with Crippen molar-refractivity contribution in [3.05, 3.63) is 22.7 Å². The first-order chi connectivity index (χ1) is 5.11. The van der Waals surface area contributed by atoms with Gasteiger partial charge in [-0.3, -0.25) is 8.63 Å². The molecule has 0 amide bonds. The van der Waals surface area contributed by atoms with Gasteiger partial charge in [0, 0.05) is 16.1 Å². The normalized spacial score (nSPS) is 9.82. The van der Waals surface area contributed by atoms with E-state index in [0.29, 0.717) is 4.47 Å². The van der Waals surface area contributed by atoms with Gasteiger partial charge in [0.1, 0.15) is 0 Å². The van der Waals surface area contributed by atoms with E-state index in [-0.39, 0.29) is 0 Å². The Morgan fingerprint density at radius 3 is 2.55 bits per heavy atom. The molecule has 0 aromatic carbocycles. The molecule has 0 saturated heterocycles. The van der Waals surface area contributed by atoms with Crippen LogP contribution in [0.3, 0.4) is 0 Å². The molecule has 1 aromatic rings. The highest BCUT2D eigenvalue weighted by atomic mass is 79.9. The van der Waals surface area contributed by atoms with Gasteiger partial charge in [-0.05, 0) is 22.0 Å². The molecular weight excluding hydrogens is 222 g/mol. The van der Waals surface area contributed by atoms with E-state index in [2.05, 4.69) is 20.9 Å². The van der Waals surface area contributed by atoms with E-state index in [4.69, 9.17) is 0 Å². The zero-order valence-electron chi connectivity index (χ0n) is 5.19. The minimum Gasteiger partial charge on any atom is -0.281 e. The van der Waals surface area contributed by atoms with Crippen molar-refractivity contribution in [3.8, 4) is 0 Å². The number of pyridine rings is 1. The Bertz CT molecular complexity index is 268. The maximum atomic E-state index is 12.4. The summed E-state index contributed by atoms with van der Waals surface area (Å²) in [5, 5.41) is 0. The van der Waals surface area contributed by atoms with Gasteiger partial charge in [0.15, 0.2) is 0 Å². The van der Waals surface area contributed by atoms with Gasteiger partial charge in [0.05, 0.1) is 0 Å². The van der Waals surface area contributed by atoms with Crippen molar-refractivity contribution in [2.24, 2.45) is 0 Å². The minimum absolute atomic E-state index is 0.342. The summed E-state index contributed by atoms with van der Waals surface area (Å²) in [7, 11) is -2.82. The van der Waals surface area contributed by atoms with Crippen LogP contribution < -0.4 is 5.46 Å². The highest BCUT2D eigenvalue weighted by molar-refractivity contribution is 9.10. The Morgan fingerprint density at radius 2 is 2.09 bits per heavy atom. The average molecular weight is 224 g/mol. The molecule has 0 bridgehead atoms. The van der Waals surface area contributed by atoms with E-state index < -0.39 is 18.7 Å². The van der Waals surface area contributed by atoms with Crippen molar-refractivity contribution >= 4 is 28.7 Å². The molecule has 0 spiro atoms. The molecule has 11 heavy (non-hydrogen) atoms. The van der Waals surface area contributed by atoms with E-state index in [1.807, 2.05) is 0 Å². The summed E-state index contributed by atoms with van der Waals surface area (Å²) in [5.74, 6) is -1.12. The first kappa shape index (κ1) is 8.58.